The summed E-state index contributed by atoms with van der Waals surface area (Å²) in [6, 6.07) is 98.7. The lowest BCUT2D eigenvalue weighted by molar-refractivity contribution is 0.774. The van der Waals surface area contributed by atoms with Crippen LogP contribution < -0.4 is 4.90 Å². The van der Waals surface area contributed by atoms with Crippen LogP contribution in [0, 0.1) is 0 Å². The molecule has 2 aliphatic rings. The van der Waals surface area contributed by atoms with Crippen LogP contribution in [-0.4, -0.2) is 4.57 Å². The predicted octanol–water partition coefficient (Wildman–Crippen LogP) is 17.6. The van der Waals surface area contributed by atoms with Gasteiger partial charge in [-0.05, 0) is 127 Å². The zero-order valence-corrected chi connectivity index (χ0v) is 37.8. The molecule has 12 aromatic rings. The van der Waals surface area contributed by atoms with Gasteiger partial charge >= 0.3 is 0 Å². The fourth-order valence-corrected chi connectivity index (χ4v) is 11.9. The molecule has 0 amide bonds. The summed E-state index contributed by atoms with van der Waals surface area (Å²) in [5.74, 6) is 0. The molecule has 0 saturated heterocycles. The molecule has 0 fully saturated rings. The van der Waals surface area contributed by atoms with Gasteiger partial charge in [-0.25, -0.2) is 0 Å². The van der Waals surface area contributed by atoms with Crippen molar-refractivity contribution in [1.29, 1.82) is 0 Å². The standard InChI is InChI=1S/C67H44N2/c1-3-19-45(20-4-1)46-35-37-48(38-36-46)68(64-33-17-12-23-51(64)47-21-5-2-6-22-47)49-40-42-66-59(43-49)58-29-13-18-34-65(58)69(66)50-39-41-57-56-28-11-16-32-62(56)67(63(57)44-50)60-30-14-9-26-54(60)52-24-7-8-25-53(52)55-27-10-15-31-61(55)67/h1-44H. The fourth-order valence-electron chi connectivity index (χ4n) is 11.9. The molecule has 14 rings (SSSR count). The molecule has 11 aromatic carbocycles. The Hall–Kier alpha value is -8.98. The van der Waals surface area contributed by atoms with Gasteiger partial charge in [0.2, 0.25) is 0 Å². The van der Waals surface area contributed by atoms with E-state index in [0.29, 0.717) is 0 Å². The Bertz CT molecular complexity index is 3890. The smallest absolute Gasteiger partial charge is 0.0726 e. The summed E-state index contributed by atoms with van der Waals surface area (Å²) in [6.45, 7) is 0. The molecule has 322 valence electrons. The Balaban J connectivity index is 0.994. The minimum Gasteiger partial charge on any atom is -0.310 e. The second-order valence-corrected chi connectivity index (χ2v) is 18.3. The third kappa shape index (κ3) is 5.86. The molecule has 0 bridgehead atoms. The van der Waals surface area contributed by atoms with Crippen LogP contribution in [0.5, 0.6) is 0 Å². The molecule has 1 spiro atoms. The van der Waals surface area contributed by atoms with Crippen LogP contribution in [-0.2, 0) is 5.41 Å². The maximum atomic E-state index is 2.51. The number of fused-ring (bicyclic) bond motifs is 15. The average molecular weight is 877 g/mol. The topological polar surface area (TPSA) is 8.17 Å². The summed E-state index contributed by atoms with van der Waals surface area (Å²) >= 11 is 0. The molecule has 0 N–H and O–H groups in total. The average Bonchev–Trinajstić information content (AvgIpc) is 3.88. The van der Waals surface area contributed by atoms with Crippen LogP contribution in [0.2, 0.25) is 0 Å². The quantitative estimate of drug-likeness (QED) is 0.162. The van der Waals surface area contributed by atoms with E-state index in [1.807, 2.05) is 0 Å². The number of para-hydroxylation sites is 2. The van der Waals surface area contributed by atoms with E-state index in [-0.39, 0.29) is 0 Å². The van der Waals surface area contributed by atoms with E-state index in [1.54, 1.807) is 0 Å². The summed E-state index contributed by atoms with van der Waals surface area (Å²) in [5.41, 5.74) is 23.8. The lowest BCUT2D eigenvalue weighted by atomic mass is 9.66. The number of nitrogens with zero attached hydrogens (tertiary/aromatic N) is 2. The minimum absolute atomic E-state index is 0.567. The van der Waals surface area contributed by atoms with Gasteiger partial charge in [-0.3, -0.25) is 0 Å². The SMILES string of the molecule is c1ccc(-c2ccc(N(c3ccc4c(c3)c3ccccc3n4-c3ccc4c(c3)C3(c5ccccc5-c5ccccc5-c5ccccc53)c3ccccc3-4)c3ccccc3-c3ccccc3)cc2)cc1. The Morgan fingerprint density at radius 3 is 1.39 bits per heavy atom. The van der Waals surface area contributed by atoms with Crippen molar-refractivity contribution >= 4 is 38.9 Å². The molecular weight excluding hydrogens is 833 g/mol. The summed E-state index contributed by atoms with van der Waals surface area (Å²) in [6.07, 6.45) is 0. The molecule has 2 aliphatic carbocycles. The predicted molar refractivity (Wildman–Crippen MR) is 288 cm³/mol. The van der Waals surface area contributed by atoms with Crippen molar-refractivity contribution in [1.82, 2.24) is 4.57 Å². The van der Waals surface area contributed by atoms with Crippen molar-refractivity contribution in [3.05, 3.63) is 289 Å². The Kier molecular flexibility index (Phi) is 8.84. The van der Waals surface area contributed by atoms with Gasteiger partial charge in [0.1, 0.15) is 0 Å². The van der Waals surface area contributed by atoms with E-state index in [2.05, 4.69) is 276 Å². The van der Waals surface area contributed by atoms with Crippen LogP contribution in [0.15, 0.2) is 267 Å². The third-order valence-electron chi connectivity index (χ3n) is 14.8. The lowest BCUT2D eigenvalue weighted by Crippen LogP contribution is -2.29. The molecule has 0 atom stereocenters. The maximum Gasteiger partial charge on any atom is 0.0726 e. The zero-order chi connectivity index (χ0) is 45.5. The van der Waals surface area contributed by atoms with Gasteiger partial charge in [0, 0.05) is 33.4 Å². The van der Waals surface area contributed by atoms with Gasteiger partial charge in [0.05, 0.1) is 22.1 Å². The first-order chi connectivity index (χ1) is 34.3. The molecular formula is C67H44N2. The van der Waals surface area contributed by atoms with Crippen LogP contribution in [0.3, 0.4) is 0 Å². The van der Waals surface area contributed by atoms with Gasteiger partial charge in [0.15, 0.2) is 0 Å². The van der Waals surface area contributed by atoms with Crippen molar-refractivity contribution in [2.45, 2.75) is 5.41 Å². The van der Waals surface area contributed by atoms with Gasteiger partial charge in [-0.2, -0.15) is 0 Å². The van der Waals surface area contributed by atoms with E-state index < -0.39 is 5.41 Å². The number of hydrogen-bond donors (Lipinski definition) is 0. The summed E-state index contributed by atoms with van der Waals surface area (Å²) < 4.78 is 2.49. The van der Waals surface area contributed by atoms with E-state index >= 15 is 0 Å². The third-order valence-corrected chi connectivity index (χ3v) is 14.8. The molecule has 0 saturated carbocycles. The minimum atomic E-state index is -0.567. The highest BCUT2D eigenvalue weighted by Gasteiger charge is 2.49. The number of aromatic nitrogens is 1. The maximum absolute atomic E-state index is 2.51. The Morgan fingerprint density at radius 1 is 0.275 bits per heavy atom. The van der Waals surface area contributed by atoms with Gasteiger partial charge < -0.3 is 9.47 Å². The molecule has 69 heavy (non-hydrogen) atoms. The number of rotatable bonds is 6. The summed E-state index contributed by atoms with van der Waals surface area (Å²) in [4.78, 5) is 2.43. The Morgan fingerprint density at radius 2 is 0.739 bits per heavy atom. The van der Waals surface area contributed by atoms with Crippen molar-refractivity contribution in [3.63, 3.8) is 0 Å². The first-order valence-electron chi connectivity index (χ1n) is 23.9. The largest absolute Gasteiger partial charge is 0.310 e. The first-order valence-corrected chi connectivity index (χ1v) is 23.9. The van der Waals surface area contributed by atoms with Crippen LogP contribution in [0.25, 0.3) is 83.1 Å². The van der Waals surface area contributed by atoms with Crippen molar-refractivity contribution in [2.24, 2.45) is 0 Å². The Labute approximate surface area is 402 Å². The highest BCUT2D eigenvalue weighted by molar-refractivity contribution is 6.11. The molecule has 2 heteroatoms. The normalized spacial score (nSPS) is 12.8. The van der Waals surface area contributed by atoms with E-state index in [0.717, 1.165) is 28.3 Å². The highest BCUT2D eigenvalue weighted by Crippen LogP contribution is 2.61. The van der Waals surface area contributed by atoms with Gasteiger partial charge in [0.25, 0.3) is 0 Å². The van der Waals surface area contributed by atoms with Crippen LogP contribution in [0.1, 0.15) is 22.3 Å². The van der Waals surface area contributed by atoms with Gasteiger partial charge in [-0.1, -0.05) is 212 Å². The molecule has 0 aliphatic heterocycles. The van der Waals surface area contributed by atoms with Crippen LogP contribution >= 0.6 is 0 Å². The van der Waals surface area contributed by atoms with E-state index in [9.17, 15) is 0 Å². The zero-order valence-electron chi connectivity index (χ0n) is 37.8. The van der Waals surface area contributed by atoms with Crippen molar-refractivity contribution < 1.29 is 0 Å². The van der Waals surface area contributed by atoms with E-state index in [4.69, 9.17) is 0 Å². The number of hydrogen-bond acceptors (Lipinski definition) is 1. The molecule has 0 radical (unpaired) electrons. The summed E-state index contributed by atoms with van der Waals surface area (Å²) in [7, 11) is 0. The van der Waals surface area contributed by atoms with Crippen LogP contribution in [0.4, 0.5) is 17.1 Å². The highest BCUT2D eigenvalue weighted by atomic mass is 15.1. The lowest BCUT2D eigenvalue weighted by Gasteiger charge is -2.35. The molecule has 0 unspecified atom stereocenters. The second-order valence-electron chi connectivity index (χ2n) is 18.3. The molecule has 2 nitrogen and oxygen atoms in total. The monoisotopic (exact) mass is 876 g/mol. The molecule has 1 aromatic heterocycles. The first kappa shape index (κ1) is 39.2. The number of anilines is 3. The summed E-state index contributed by atoms with van der Waals surface area (Å²) in [5, 5.41) is 2.41. The fraction of sp³-hybridized carbons (Fsp3) is 0.0149. The van der Waals surface area contributed by atoms with E-state index in [1.165, 1.54) is 94.2 Å². The van der Waals surface area contributed by atoms with Crippen molar-refractivity contribution in [2.75, 3.05) is 4.90 Å². The number of benzene rings is 11. The second kappa shape index (κ2) is 15.6. The molecule has 1 heterocycles. The van der Waals surface area contributed by atoms with Gasteiger partial charge in [-0.15, -0.1) is 0 Å². The van der Waals surface area contributed by atoms with Crippen molar-refractivity contribution in [3.8, 4) is 61.3 Å².